The molecule has 21 heavy (non-hydrogen) atoms. The normalized spacial score (nSPS) is 8.86. The molecule has 0 unspecified atom stereocenters. The molecule has 0 nitrogen and oxygen atoms in total. The van der Waals surface area contributed by atoms with E-state index in [0.717, 1.165) is 6.42 Å². The lowest BCUT2D eigenvalue weighted by molar-refractivity contribution is 1.14. The van der Waals surface area contributed by atoms with Crippen LogP contribution in [0.1, 0.15) is 48.6 Å². The Labute approximate surface area is 131 Å². The zero-order chi connectivity index (χ0) is 16.3. The minimum Gasteiger partial charge on any atom is -0.0985 e. The molecule has 0 saturated heterocycles. The van der Waals surface area contributed by atoms with Crippen LogP contribution in [-0.2, 0) is 6.42 Å². The third-order valence-electron chi connectivity index (χ3n) is 3.26. The Kier molecular flexibility index (Phi) is 9.96. The Morgan fingerprint density at radius 2 is 1.57 bits per heavy atom. The monoisotopic (exact) mass is 282 g/mol. The standard InChI is InChI=1S/C10H12.C9H12.C2H6/c1-3-9-6-5-7-10(4-2)8-9;1-7-4-5-8(2)9(3)6-7;1-2/h3,5-8H,1,4H2,2H3;4-6H,1-3H3;1-2H3. The van der Waals surface area contributed by atoms with Crippen LogP contribution >= 0.6 is 0 Å². The fraction of sp³-hybridized carbons (Fsp3) is 0.333. The molecule has 0 atom stereocenters. The fourth-order valence-electron chi connectivity index (χ4n) is 1.83. The van der Waals surface area contributed by atoms with E-state index in [0.29, 0.717) is 0 Å². The van der Waals surface area contributed by atoms with Gasteiger partial charge in [-0.3, -0.25) is 0 Å². The van der Waals surface area contributed by atoms with Crippen LogP contribution in [0.3, 0.4) is 0 Å². The molecule has 0 fully saturated rings. The minimum atomic E-state index is 1.10. The molecule has 0 N–H and O–H groups in total. The molecule has 114 valence electrons. The molecule has 0 radical (unpaired) electrons. The van der Waals surface area contributed by atoms with Gasteiger partial charge in [0.25, 0.3) is 0 Å². The van der Waals surface area contributed by atoms with Crippen molar-refractivity contribution in [3.63, 3.8) is 0 Å². The van der Waals surface area contributed by atoms with Gasteiger partial charge in [-0.1, -0.05) is 81.5 Å². The highest BCUT2D eigenvalue weighted by atomic mass is 13.9. The Hall–Kier alpha value is -1.82. The zero-order valence-corrected chi connectivity index (χ0v) is 14.5. The zero-order valence-electron chi connectivity index (χ0n) is 14.5. The first-order valence-electron chi connectivity index (χ1n) is 7.82. The van der Waals surface area contributed by atoms with Gasteiger partial charge in [-0.15, -0.1) is 0 Å². The molecular formula is C21H30. The number of hydrogen-bond acceptors (Lipinski definition) is 0. The van der Waals surface area contributed by atoms with Crippen molar-refractivity contribution in [1.29, 1.82) is 0 Å². The molecule has 0 heterocycles. The summed E-state index contributed by atoms with van der Waals surface area (Å²) in [6.45, 7) is 16.3. The van der Waals surface area contributed by atoms with Crippen molar-refractivity contribution in [3.8, 4) is 0 Å². The van der Waals surface area contributed by atoms with E-state index in [9.17, 15) is 0 Å². The predicted molar refractivity (Wildman–Crippen MR) is 97.9 cm³/mol. The topological polar surface area (TPSA) is 0 Å². The number of benzene rings is 2. The summed E-state index contributed by atoms with van der Waals surface area (Å²) >= 11 is 0. The van der Waals surface area contributed by atoms with Crippen molar-refractivity contribution in [2.75, 3.05) is 0 Å². The maximum Gasteiger partial charge on any atom is -0.0260 e. The Morgan fingerprint density at radius 1 is 0.905 bits per heavy atom. The van der Waals surface area contributed by atoms with Crippen LogP contribution in [0.25, 0.3) is 6.08 Å². The van der Waals surface area contributed by atoms with Crippen LogP contribution < -0.4 is 0 Å². The SMILES string of the molecule is C=Cc1cccc(CC)c1.CC.Cc1ccc(C)c(C)c1. The lowest BCUT2D eigenvalue weighted by Crippen LogP contribution is -1.79. The van der Waals surface area contributed by atoms with Crippen molar-refractivity contribution in [2.24, 2.45) is 0 Å². The molecule has 0 amide bonds. The second-order valence-electron chi connectivity index (χ2n) is 4.89. The maximum absolute atomic E-state index is 3.71. The maximum atomic E-state index is 3.71. The van der Waals surface area contributed by atoms with Crippen LogP contribution in [0, 0.1) is 20.8 Å². The van der Waals surface area contributed by atoms with E-state index in [-0.39, 0.29) is 0 Å². The van der Waals surface area contributed by atoms with E-state index in [2.05, 4.69) is 76.7 Å². The molecule has 2 rings (SSSR count). The van der Waals surface area contributed by atoms with Crippen molar-refractivity contribution in [1.82, 2.24) is 0 Å². The Balaban J connectivity index is 0.000000342. The van der Waals surface area contributed by atoms with Crippen LogP contribution in [0.5, 0.6) is 0 Å². The van der Waals surface area contributed by atoms with Gasteiger partial charge in [0.2, 0.25) is 0 Å². The van der Waals surface area contributed by atoms with E-state index < -0.39 is 0 Å². The quantitative estimate of drug-likeness (QED) is 0.587. The van der Waals surface area contributed by atoms with Crippen LogP contribution in [0.15, 0.2) is 49.0 Å². The fourth-order valence-corrected chi connectivity index (χ4v) is 1.83. The van der Waals surface area contributed by atoms with Crippen molar-refractivity contribution < 1.29 is 0 Å². The molecule has 0 aliphatic carbocycles. The molecule has 2 aromatic carbocycles. The van der Waals surface area contributed by atoms with Crippen LogP contribution in [-0.4, -0.2) is 0 Å². The molecular weight excluding hydrogens is 252 g/mol. The predicted octanol–water partition coefficient (Wildman–Crippen LogP) is 6.53. The Bertz CT molecular complexity index is 535. The van der Waals surface area contributed by atoms with Gasteiger partial charge < -0.3 is 0 Å². The second-order valence-corrected chi connectivity index (χ2v) is 4.89. The summed E-state index contributed by atoms with van der Waals surface area (Å²) in [5.41, 5.74) is 6.69. The highest BCUT2D eigenvalue weighted by molar-refractivity contribution is 5.47. The summed E-state index contributed by atoms with van der Waals surface area (Å²) in [4.78, 5) is 0. The highest BCUT2D eigenvalue weighted by Gasteiger charge is 1.89. The smallest absolute Gasteiger partial charge is 0.0260 e. The lowest BCUT2D eigenvalue weighted by atomic mass is 10.1. The van der Waals surface area contributed by atoms with E-state index in [1.165, 1.54) is 27.8 Å². The molecule has 2 aromatic rings. The minimum absolute atomic E-state index is 1.10. The van der Waals surface area contributed by atoms with Crippen LogP contribution in [0.2, 0.25) is 0 Å². The summed E-state index contributed by atoms with van der Waals surface area (Å²) in [5.74, 6) is 0. The first-order valence-corrected chi connectivity index (χ1v) is 7.82. The van der Waals surface area contributed by atoms with Crippen molar-refractivity contribution >= 4 is 6.08 Å². The van der Waals surface area contributed by atoms with E-state index in [4.69, 9.17) is 0 Å². The molecule has 0 bridgehead atoms. The summed E-state index contributed by atoms with van der Waals surface area (Å²) in [5, 5.41) is 0. The van der Waals surface area contributed by atoms with Crippen molar-refractivity contribution in [3.05, 3.63) is 76.9 Å². The van der Waals surface area contributed by atoms with Gasteiger partial charge in [0.05, 0.1) is 0 Å². The van der Waals surface area contributed by atoms with Gasteiger partial charge in [0, 0.05) is 0 Å². The summed E-state index contributed by atoms with van der Waals surface area (Å²) < 4.78 is 0. The molecule has 0 heteroatoms. The van der Waals surface area contributed by atoms with Crippen molar-refractivity contribution in [2.45, 2.75) is 48.0 Å². The second kappa shape index (κ2) is 10.9. The number of rotatable bonds is 2. The van der Waals surface area contributed by atoms with E-state index >= 15 is 0 Å². The van der Waals surface area contributed by atoms with Gasteiger partial charge in [-0.05, 0) is 49.4 Å². The largest absolute Gasteiger partial charge is 0.0985 e. The van der Waals surface area contributed by atoms with Gasteiger partial charge in [-0.25, -0.2) is 0 Å². The third kappa shape index (κ3) is 7.51. The average Bonchev–Trinajstić information content (AvgIpc) is 2.54. The van der Waals surface area contributed by atoms with E-state index in [1.807, 2.05) is 19.9 Å². The summed E-state index contributed by atoms with van der Waals surface area (Å²) in [6, 6.07) is 14.9. The first-order chi connectivity index (χ1) is 10.1. The van der Waals surface area contributed by atoms with Gasteiger partial charge in [0.15, 0.2) is 0 Å². The molecule has 0 spiro atoms. The molecule has 0 aliphatic heterocycles. The summed E-state index contributed by atoms with van der Waals surface area (Å²) in [7, 11) is 0. The lowest BCUT2D eigenvalue weighted by Gasteiger charge is -1.98. The average molecular weight is 282 g/mol. The Morgan fingerprint density at radius 3 is 2.05 bits per heavy atom. The van der Waals surface area contributed by atoms with Gasteiger partial charge in [0.1, 0.15) is 0 Å². The number of hydrogen-bond donors (Lipinski definition) is 0. The van der Waals surface area contributed by atoms with Crippen LogP contribution in [0.4, 0.5) is 0 Å². The molecule has 0 aliphatic rings. The third-order valence-corrected chi connectivity index (χ3v) is 3.26. The molecule has 0 saturated carbocycles. The number of aryl methyl sites for hydroxylation is 4. The molecule has 0 aromatic heterocycles. The highest BCUT2D eigenvalue weighted by Crippen LogP contribution is 2.07. The first kappa shape index (κ1) is 19.2. The van der Waals surface area contributed by atoms with Gasteiger partial charge >= 0.3 is 0 Å². The summed E-state index contributed by atoms with van der Waals surface area (Å²) in [6.07, 6.45) is 2.97. The van der Waals surface area contributed by atoms with Gasteiger partial charge in [-0.2, -0.15) is 0 Å². The van der Waals surface area contributed by atoms with E-state index in [1.54, 1.807) is 0 Å².